The molecule has 1 N–H and O–H groups in total. The second-order valence-corrected chi connectivity index (χ2v) is 12.6. The van der Waals surface area contributed by atoms with Gasteiger partial charge in [-0.05, 0) is 26.2 Å². The Morgan fingerprint density at radius 2 is 1.41 bits per heavy atom. The Bertz CT molecular complexity index is 973. The number of alkyl carbamates (subject to hydrolysis) is 1. The van der Waals surface area contributed by atoms with Crippen molar-refractivity contribution in [3.05, 3.63) is 30.1 Å². The van der Waals surface area contributed by atoms with E-state index in [0.717, 1.165) is 29.9 Å². The number of amides is 3. The van der Waals surface area contributed by atoms with E-state index in [9.17, 15) is 14.4 Å². The average molecular weight is 668 g/mol. The van der Waals surface area contributed by atoms with Crippen LogP contribution in [0.5, 0.6) is 0 Å². The van der Waals surface area contributed by atoms with Crippen LogP contribution < -0.4 is 22.3 Å². The largest absolute Gasteiger partial charge is 1.00 e. The lowest BCUT2D eigenvalue weighted by Crippen LogP contribution is -3.00. The Morgan fingerprint density at radius 3 is 1.93 bits per heavy atom. The fourth-order valence-corrected chi connectivity index (χ4v) is 5.84. The third-order valence-corrected chi connectivity index (χ3v) is 8.71. The molecule has 1 fully saturated rings. The van der Waals surface area contributed by atoms with Gasteiger partial charge in [-0.2, -0.15) is 0 Å². The molecule has 9 nitrogen and oxygen atoms in total. The van der Waals surface area contributed by atoms with Crippen LogP contribution in [0.4, 0.5) is 9.59 Å². The number of aryl methyl sites for hydroxylation is 1. The molecule has 2 rings (SSSR count). The molecule has 46 heavy (non-hydrogen) atoms. The molecule has 1 atom stereocenters. The van der Waals surface area contributed by atoms with Crippen molar-refractivity contribution in [2.24, 2.45) is 0 Å². The summed E-state index contributed by atoms with van der Waals surface area (Å²) in [6.45, 7) is 7.40. The quantitative estimate of drug-likeness (QED) is 0.123. The maximum absolute atomic E-state index is 12.9. The molecule has 10 heteroatoms. The highest BCUT2D eigenvalue weighted by Crippen LogP contribution is 2.27. The summed E-state index contributed by atoms with van der Waals surface area (Å²) in [5, 5.41) is 2.83. The molecule has 1 aromatic rings. The van der Waals surface area contributed by atoms with Gasteiger partial charge in [0.25, 0.3) is 0 Å². The van der Waals surface area contributed by atoms with Gasteiger partial charge in [0.2, 0.25) is 11.6 Å². The van der Waals surface area contributed by atoms with E-state index in [1.165, 1.54) is 96.8 Å². The second-order valence-electron chi connectivity index (χ2n) is 12.6. The number of nitrogens with zero attached hydrogens (tertiary/aromatic N) is 2. The Labute approximate surface area is 284 Å². The number of imide groups is 1. The predicted octanol–water partition coefficient (Wildman–Crippen LogP) is 5.02. The molecular weight excluding hydrogens is 606 g/mol. The minimum absolute atomic E-state index is 0. The van der Waals surface area contributed by atoms with Crippen molar-refractivity contribution in [2.75, 3.05) is 26.4 Å². The van der Waals surface area contributed by atoms with Crippen LogP contribution in [0.1, 0.15) is 142 Å². The Kier molecular flexibility index (Phi) is 23.2. The van der Waals surface area contributed by atoms with Crippen LogP contribution >= 0.6 is 0 Å². The highest BCUT2D eigenvalue weighted by molar-refractivity contribution is 5.90. The molecule has 1 aliphatic heterocycles. The molecular formula is C36H62ClN3O6. The Hall–Kier alpha value is -2.39. The van der Waals surface area contributed by atoms with Crippen LogP contribution in [0.2, 0.25) is 0 Å². The van der Waals surface area contributed by atoms with Gasteiger partial charge in [0.1, 0.15) is 31.9 Å². The monoisotopic (exact) mass is 667 g/mol. The summed E-state index contributed by atoms with van der Waals surface area (Å²) in [7, 11) is 0. The van der Waals surface area contributed by atoms with Gasteiger partial charge >= 0.3 is 12.2 Å². The highest BCUT2D eigenvalue weighted by Gasteiger charge is 2.39. The fourth-order valence-electron chi connectivity index (χ4n) is 5.84. The van der Waals surface area contributed by atoms with E-state index in [4.69, 9.17) is 14.2 Å². The summed E-state index contributed by atoms with van der Waals surface area (Å²) in [6, 6.07) is 5.65. The van der Waals surface area contributed by atoms with Crippen LogP contribution in [-0.4, -0.2) is 55.0 Å². The summed E-state index contributed by atoms with van der Waals surface area (Å²) >= 11 is 0. The van der Waals surface area contributed by atoms with E-state index >= 15 is 0 Å². The maximum atomic E-state index is 12.9. The Morgan fingerprint density at radius 1 is 0.848 bits per heavy atom. The van der Waals surface area contributed by atoms with E-state index in [1.807, 2.05) is 35.9 Å². The number of carbonyl (C=O) groups is 3. The zero-order chi connectivity index (χ0) is 32.6. The average Bonchev–Trinajstić information content (AvgIpc) is 3.52. The van der Waals surface area contributed by atoms with Gasteiger partial charge in [-0.25, -0.2) is 19.1 Å². The zero-order valence-electron chi connectivity index (χ0n) is 29.0. The van der Waals surface area contributed by atoms with Gasteiger partial charge in [0.05, 0.1) is 0 Å². The van der Waals surface area contributed by atoms with Gasteiger partial charge in [-0.3, -0.25) is 4.79 Å². The van der Waals surface area contributed by atoms with Crippen LogP contribution in [0, 0.1) is 0 Å². The van der Waals surface area contributed by atoms with E-state index in [1.54, 1.807) is 0 Å². The van der Waals surface area contributed by atoms with Crippen LogP contribution in [0.25, 0.3) is 0 Å². The molecule has 1 aliphatic rings. The summed E-state index contributed by atoms with van der Waals surface area (Å²) in [5.41, 5.74) is -0.0805. The van der Waals surface area contributed by atoms with Crippen LogP contribution in [0.3, 0.4) is 0 Å². The van der Waals surface area contributed by atoms with Crippen molar-refractivity contribution in [3.63, 3.8) is 0 Å². The first kappa shape index (κ1) is 41.6. The SMILES string of the molecule is CCCCCCCCCCCCCCCCCCNC(=O)OCC1(COC(=O)N(Cc2cccc[n+]2CC)C(C)=O)CCCO1.[Cl-]. The number of nitrogens with one attached hydrogen (secondary N) is 1. The molecule has 0 spiro atoms. The van der Waals surface area contributed by atoms with Crippen molar-refractivity contribution >= 4 is 18.1 Å². The van der Waals surface area contributed by atoms with Crippen molar-refractivity contribution in [1.29, 1.82) is 0 Å². The van der Waals surface area contributed by atoms with Crippen molar-refractivity contribution < 1.29 is 45.6 Å². The topological polar surface area (TPSA) is 98.0 Å². The molecule has 0 aliphatic carbocycles. The molecule has 0 bridgehead atoms. The zero-order valence-corrected chi connectivity index (χ0v) is 29.8. The lowest BCUT2D eigenvalue weighted by atomic mass is 10.0. The van der Waals surface area contributed by atoms with E-state index in [2.05, 4.69) is 12.2 Å². The molecule has 1 unspecified atom stereocenters. The van der Waals surface area contributed by atoms with Gasteiger partial charge in [-0.15, -0.1) is 0 Å². The lowest BCUT2D eigenvalue weighted by molar-refractivity contribution is -0.701. The van der Waals surface area contributed by atoms with Gasteiger partial charge < -0.3 is 31.9 Å². The van der Waals surface area contributed by atoms with Crippen molar-refractivity contribution in [1.82, 2.24) is 10.2 Å². The number of pyridine rings is 1. The number of hydrogen-bond acceptors (Lipinski definition) is 6. The van der Waals surface area contributed by atoms with E-state index < -0.39 is 23.7 Å². The van der Waals surface area contributed by atoms with Crippen molar-refractivity contribution in [2.45, 2.75) is 155 Å². The molecule has 0 saturated carbocycles. The minimum atomic E-state index is -0.903. The number of unbranched alkanes of at least 4 members (excludes halogenated alkanes) is 15. The number of ether oxygens (including phenoxy) is 3. The number of rotatable bonds is 24. The molecule has 0 radical (unpaired) electrons. The number of hydrogen-bond donors (Lipinski definition) is 1. The van der Waals surface area contributed by atoms with Crippen molar-refractivity contribution in [3.8, 4) is 0 Å². The summed E-state index contributed by atoms with van der Waals surface area (Å²) in [4.78, 5) is 38.6. The van der Waals surface area contributed by atoms with Gasteiger partial charge in [0.15, 0.2) is 6.20 Å². The molecule has 0 aromatic carbocycles. The first-order valence-corrected chi connectivity index (χ1v) is 17.9. The minimum Gasteiger partial charge on any atom is -1.00 e. The smallest absolute Gasteiger partial charge is 0.417 e. The van der Waals surface area contributed by atoms with Crippen LogP contribution in [-0.2, 0) is 32.1 Å². The number of carbonyl (C=O) groups excluding carboxylic acids is 3. The van der Waals surface area contributed by atoms with Crippen LogP contribution in [0.15, 0.2) is 24.4 Å². The Balaban J connectivity index is 0.0000106. The lowest BCUT2D eigenvalue weighted by Gasteiger charge is -2.28. The molecule has 2 heterocycles. The number of halogens is 1. The molecule has 1 aromatic heterocycles. The van der Waals surface area contributed by atoms with Gasteiger partial charge in [0, 0.05) is 32.2 Å². The first-order chi connectivity index (χ1) is 21.9. The standard InChI is InChI=1S/C36H61N3O6.ClH/c1-4-6-7-8-9-10-11-12-13-14-15-16-17-18-19-21-26-37-34(41)43-30-36(25-23-28-45-36)31-44-35(42)39(32(3)40)29-33-24-20-22-27-38(33)5-2;/h20,22,24,27H,4-19,21,23,25-26,28-31H2,1-3H3;1H. The van der Waals surface area contributed by atoms with E-state index in [0.29, 0.717) is 26.1 Å². The summed E-state index contributed by atoms with van der Waals surface area (Å²) in [5.74, 6) is -0.405. The summed E-state index contributed by atoms with van der Waals surface area (Å²) in [6.07, 6.45) is 23.0. The molecule has 3 amide bonds. The normalized spacial score (nSPS) is 15.6. The first-order valence-electron chi connectivity index (χ1n) is 17.9. The fraction of sp³-hybridized carbons (Fsp3) is 0.778. The molecule has 1 saturated heterocycles. The maximum Gasteiger partial charge on any atom is 0.417 e. The third kappa shape index (κ3) is 17.5. The molecule has 264 valence electrons. The second kappa shape index (κ2) is 25.7. The highest BCUT2D eigenvalue weighted by atomic mass is 35.5. The van der Waals surface area contributed by atoms with E-state index in [-0.39, 0.29) is 32.2 Å². The third-order valence-electron chi connectivity index (χ3n) is 8.71. The van der Waals surface area contributed by atoms with Gasteiger partial charge in [-0.1, -0.05) is 109 Å². The summed E-state index contributed by atoms with van der Waals surface area (Å²) < 4.78 is 18.9. The number of aromatic nitrogens is 1. The predicted molar refractivity (Wildman–Crippen MR) is 177 cm³/mol.